The third-order valence-electron chi connectivity index (χ3n) is 5.07. The maximum absolute atomic E-state index is 10.1. The summed E-state index contributed by atoms with van der Waals surface area (Å²) in [5.74, 6) is 0. The van der Waals surface area contributed by atoms with Gasteiger partial charge >= 0.3 is 0 Å². The highest BCUT2D eigenvalue weighted by Gasteiger charge is 2.32. The predicted molar refractivity (Wildman–Crippen MR) is 93.5 cm³/mol. The molecule has 2 atom stereocenters. The molecule has 3 aliphatic heterocycles. The van der Waals surface area contributed by atoms with Crippen molar-refractivity contribution < 1.29 is 10.4 Å². The van der Waals surface area contributed by atoms with Crippen LogP contribution in [0, 0.1) is 0 Å². The van der Waals surface area contributed by atoms with Crippen molar-refractivity contribution in [3.8, 4) is 0 Å². The Labute approximate surface area is 144 Å². The molecular formula is C18H28N4O2. The Morgan fingerprint density at radius 3 is 2.50 bits per heavy atom. The molecule has 3 aliphatic rings. The second kappa shape index (κ2) is 7.11. The van der Waals surface area contributed by atoms with E-state index in [1.165, 1.54) is 10.1 Å². The van der Waals surface area contributed by atoms with E-state index in [1.54, 1.807) is 6.20 Å². The molecule has 132 valence electrons. The third-order valence-corrected chi connectivity index (χ3v) is 5.07. The van der Waals surface area contributed by atoms with Gasteiger partial charge in [0.15, 0.2) is 0 Å². The van der Waals surface area contributed by atoms with Gasteiger partial charge in [0.25, 0.3) is 0 Å². The normalized spacial score (nSPS) is 31.7. The number of hydrogen-bond donors (Lipinski definition) is 2. The van der Waals surface area contributed by atoms with Crippen molar-refractivity contribution in [2.24, 2.45) is 0 Å². The highest BCUT2D eigenvalue weighted by molar-refractivity contribution is 5.20. The van der Waals surface area contributed by atoms with Crippen LogP contribution in [-0.4, -0.2) is 81.2 Å². The molecule has 3 heterocycles. The lowest BCUT2D eigenvalue weighted by Crippen LogP contribution is -2.55. The van der Waals surface area contributed by atoms with Gasteiger partial charge in [0.1, 0.15) is 0 Å². The summed E-state index contributed by atoms with van der Waals surface area (Å²) in [6, 6.07) is 0.0351. The standard InChI is InChI=1S/C18H28N4O2/c1-16-6-5-7-17(22(16)24)14-19-10-12-20(13-11-19)15-18(2)8-3-4-9-21(18)23/h3-9,16,23-24H,10-15H2,1-2H3. The van der Waals surface area contributed by atoms with E-state index in [1.807, 2.05) is 50.3 Å². The zero-order valence-corrected chi connectivity index (χ0v) is 14.5. The van der Waals surface area contributed by atoms with Crippen LogP contribution >= 0.6 is 0 Å². The SMILES string of the molecule is CC1C=CC=C(CN2CCN(CC3(C)C=CC=CN3O)CC2)N1O. The summed E-state index contributed by atoms with van der Waals surface area (Å²) >= 11 is 0. The molecule has 2 unspecified atom stereocenters. The molecule has 0 spiro atoms. The summed E-state index contributed by atoms with van der Waals surface area (Å²) in [5.41, 5.74) is 0.581. The molecule has 24 heavy (non-hydrogen) atoms. The molecule has 0 amide bonds. The Bertz CT molecular complexity index is 563. The van der Waals surface area contributed by atoms with Crippen molar-refractivity contribution >= 4 is 0 Å². The first-order valence-electron chi connectivity index (χ1n) is 8.62. The zero-order chi connectivity index (χ0) is 17.2. The fourth-order valence-corrected chi connectivity index (χ4v) is 3.43. The minimum absolute atomic E-state index is 0.0351. The van der Waals surface area contributed by atoms with Gasteiger partial charge in [0, 0.05) is 45.5 Å². The van der Waals surface area contributed by atoms with Crippen molar-refractivity contribution in [3.05, 3.63) is 48.4 Å². The molecule has 0 aromatic carbocycles. The zero-order valence-electron chi connectivity index (χ0n) is 14.5. The Kier molecular flexibility index (Phi) is 5.10. The minimum atomic E-state index is -0.370. The van der Waals surface area contributed by atoms with Crippen LogP contribution in [0.5, 0.6) is 0 Å². The van der Waals surface area contributed by atoms with Gasteiger partial charge in [-0.1, -0.05) is 24.3 Å². The first kappa shape index (κ1) is 17.2. The lowest BCUT2D eigenvalue weighted by Gasteiger charge is -2.43. The molecule has 1 fully saturated rings. The average Bonchev–Trinajstić information content (AvgIpc) is 2.57. The van der Waals surface area contributed by atoms with Crippen LogP contribution < -0.4 is 0 Å². The van der Waals surface area contributed by atoms with E-state index in [0.29, 0.717) is 0 Å². The van der Waals surface area contributed by atoms with Gasteiger partial charge in [-0.15, -0.1) is 0 Å². The molecule has 3 rings (SSSR count). The average molecular weight is 332 g/mol. The Morgan fingerprint density at radius 1 is 1.08 bits per heavy atom. The molecule has 0 aromatic rings. The van der Waals surface area contributed by atoms with E-state index in [-0.39, 0.29) is 11.6 Å². The summed E-state index contributed by atoms with van der Waals surface area (Å²) in [6.45, 7) is 9.45. The number of rotatable bonds is 4. The van der Waals surface area contributed by atoms with Crippen molar-refractivity contribution in [1.29, 1.82) is 0 Å². The molecule has 0 radical (unpaired) electrons. The maximum Gasteiger partial charge on any atom is 0.0945 e. The van der Waals surface area contributed by atoms with E-state index < -0.39 is 0 Å². The molecule has 2 N–H and O–H groups in total. The van der Waals surface area contributed by atoms with Crippen LogP contribution in [-0.2, 0) is 0 Å². The fourth-order valence-electron chi connectivity index (χ4n) is 3.43. The quantitative estimate of drug-likeness (QED) is 0.817. The van der Waals surface area contributed by atoms with Crippen LogP contribution in [0.15, 0.2) is 48.4 Å². The van der Waals surface area contributed by atoms with Gasteiger partial charge in [-0.3, -0.25) is 30.3 Å². The maximum atomic E-state index is 10.1. The molecule has 1 saturated heterocycles. The van der Waals surface area contributed by atoms with Crippen molar-refractivity contribution in [3.63, 3.8) is 0 Å². The van der Waals surface area contributed by atoms with E-state index in [9.17, 15) is 10.4 Å². The number of hydrogen-bond acceptors (Lipinski definition) is 6. The van der Waals surface area contributed by atoms with E-state index in [2.05, 4.69) is 9.80 Å². The van der Waals surface area contributed by atoms with E-state index in [0.717, 1.165) is 45.0 Å². The van der Waals surface area contributed by atoms with Gasteiger partial charge < -0.3 is 0 Å². The molecule has 0 aliphatic carbocycles. The Balaban J connectivity index is 1.50. The topological polar surface area (TPSA) is 53.4 Å². The number of hydroxylamine groups is 4. The summed E-state index contributed by atoms with van der Waals surface area (Å²) < 4.78 is 0. The first-order chi connectivity index (χ1) is 11.5. The van der Waals surface area contributed by atoms with Crippen molar-refractivity contribution in [2.45, 2.75) is 25.4 Å². The van der Waals surface area contributed by atoms with Crippen LogP contribution in [0.2, 0.25) is 0 Å². The first-order valence-corrected chi connectivity index (χ1v) is 8.62. The van der Waals surface area contributed by atoms with Gasteiger partial charge in [-0.05, 0) is 26.0 Å². The fraction of sp³-hybridized carbons (Fsp3) is 0.556. The van der Waals surface area contributed by atoms with E-state index >= 15 is 0 Å². The van der Waals surface area contributed by atoms with E-state index in [4.69, 9.17) is 0 Å². The molecule has 6 nitrogen and oxygen atoms in total. The lowest BCUT2D eigenvalue weighted by molar-refractivity contribution is -0.117. The summed E-state index contributed by atoms with van der Waals surface area (Å²) in [4.78, 5) is 4.75. The van der Waals surface area contributed by atoms with Gasteiger partial charge in [0.2, 0.25) is 0 Å². The second-order valence-corrected chi connectivity index (χ2v) is 7.08. The van der Waals surface area contributed by atoms with Crippen LogP contribution in [0.1, 0.15) is 13.8 Å². The minimum Gasteiger partial charge on any atom is -0.298 e. The van der Waals surface area contributed by atoms with Crippen molar-refractivity contribution in [1.82, 2.24) is 19.9 Å². The van der Waals surface area contributed by atoms with Crippen LogP contribution in [0.3, 0.4) is 0 Å². The second-order valence-electron chi connectivity index (χ2n) is 7.08. The number of piperazine rings is 1. The van der Waals surface area contributed by atoms with Crippen molar-refractivity contribution in [2.75, 3.05) is 39.3 Å². The van der Waals surface area contributed by atoms with Crippen LogP contribution in [0.25, 0.3) is 0 Å². The largest absolute Gasteiger partial charge is 0.298 e. The molecule has 0 bridgehead atoms. The number of nitrogens with zero attached hydrogens (tertiary/aromatic N) is 4. The smallest absolute Gasteiger partial charge is 0.0945 e. The number of allylic oxidation sites excluding steroid dienone is 4. The van der Waals surface area contributed by atoms with Gasteiger partial charge in [-0.2, -0.15) is 0 Å². The molecule has 6 heteroatoms. The molecular weight excluding hydrogens is 304 g/mol. The van der Waals surface area contributed by atoms with Gasteiger partial charge in [-0.25, -0.2) is 0 Å². The summed E-state index contributed by atoms with van der Waals surface area (Å²) in [5, 5.41) is 22.9. The monoisotopic (exact) mass is 332 g/mol. The predicted octanol–water partition coefficient (Wildman–Crippen LogP) is 1.67. The lowest BCUT2D eigenvalue weighted by atomic mass is 9.98. The summed E-state index contributed by atoms with van der Waals surface area (Å²) in [7, 11) is 0. The summed E-state index contributed by atoms with van der Waals surface area (Å²) in [6.07, 6.45) is 13.6. The van der Waals surface area contributed by atoms with Crippen LogP contribution in [0.4, 0.5) is 0 Å². The molecule has 0 saturated carbocycles. The highest BCUT2D eigenvalue weighted by Crippen LogP contribution is 2.22. The highest BCUT2D eigenvalue weighted by atomic mass is 16.5. The third kappa shape index (κ3) is 3.72. The Morgan fingerprint density at radius 2 is 1.79 bits per heavy atom. The Hall–Kier alpha value is -1.60. The van der Waals surface area contributed by atoms with Gasteiger partial charge in [0.05, 0.1) is 17.3 Å². The molecule has 0 aromatic heterocycles.